The lowest BCUT2D eigenvalue weighted by molar-refractivity contribution is -0.147. The van der Waals surface area contributed by atoms with E-state index in [2.05, 4.69) is 4.72 Å². The van der Waals surface area contributed by atoms with Gasteiger partial charge in [-0.25, -0.2) is 13.1 Å². The number of nitrogens with zero attached hydrogens (tertiary/aromatic N) is 1. The van der Waals surface area contributed by atoms with Crippen molar-refractivity contribution in [1.82, 2.24) is 9.62 Å². The first-order chi connectivity index (χ1) is 17.8. The van der Waals surface area contributed by atoms with Crippen LogP contribution in [0.1, 0.15) is 72.5 Å². The van der Waals surface area contributed by atoms with Gasteiger partial charge in [0, 0.05) is 28.5 Å². The van der Waals surface area contributed by atoms with Crippen molar-refractivity contribution in [3.05, 3.63) is 70.2 Å². The fourth-order valence-electron chi connectivity index (χ4n) is 5.53. The van der Waals surface area contributed by atoms with Crippen LogP contribution in [0.5, 0.6) is 0 Å². The number of hydrogen-bond acceptors (Lipinski definition) is 5. The molecular weight excluding hydrogens is 535 g/mol. The molecule has 0 bridgehead atoms. The van der Waals surface area contributed by atoms with Gasteiger partial charge in [0.1, 0.15) is 5.92 Å². The zero-order valence-corrected chi connectivity index (χ0v) is 23.1. The molecule has 1 amide bonds. The molecule has 1 aliphatic carbocycles. The van der Waals surface area contributed by atoms with E-state index in [0.29, 0.717) is 35.4 Å². The van der Waals surface area contributed by atoms with E-state index in [1.807, 2.05) is 12.1 Å². The number of rotatable bonds is 9. The summed E-state index contributed by atoms with van der Waals surface area (Å²) >= 11 is 11.9. The number of hydrogen-bond donors (Lipinski definition) is 1. The predicted octanol–water partition coefficient (Wildman–Crippen LogP) is 5.04. The molecule has 2 aromatic rings. The van der Waals surface area contributed by atoms with Gasteiger partial charge in [0.15, 0.2) is 0 Å². The van der Waals surface area contributed by atoms with Gasteiger partial charge in [-0.1, -0.05) is 54.8 Å². The van der Waals surface area contributed by atoms with E-state index in [-0.39, 0.29) is 24.1 Å². The van der Waals surface area contributed by atoms with Gasteiger partial charge >= 0.3 is 5.97 Å². The van der Waals surface area contributed by atoms with Gasteiger partial charge in [-0.3, -0.25) is 9.59 Å². The van der Waals surface area contributed by atoms with Crippen LogP contribution >= 0.6 is 23.2 Å². The van der Waals surface area contributed by atoms with Gasteiger partial charge < -0.3 is 9.64 Å². The first-order valence-corrected chi connectivity index (χ1v) is 15.2. The summed E-state index contributed by atoms with van der Waals surface area (Å²) in [5.74, 6) is -1.26. The second kappa shape index (κ2) is 12.2. The normalized spacial score (nSPS) is 24.0. The molecule has 0 saturated heterocycles. The molecule has 37 heavy (non-hydrogen) atoms. The van der Waals surface area contributed by atoms with Crippen molar-refractivity contribution in [2.75, 3.05) is 18.2 Å². The SMILES string of the molecule is CCOC(=O)[C@@H]1c2ccccc2C(=O)N([C@H]2CCCC[C@@H]2NS(=O)(=O)CCCCl)[C@H]1c1ccc(Cl)cc1. The summed E-state index contributed by atoms with van der Waals surface area (Å²) in [7, 11) is -3.60. The lowest BCUT2D eigenvalue weighted by Crippen LogP contribution is -2.59. The average Bonchev–Trinajstić information content (AvgIpc) is 2.88. The zero-order chi connectivity index (χ0) is 26.6. The molecule has 0 unspecified atom stereocenters. The summed E-state index contributed by atoms with van der Waals surface area (Å²) < 4.78 is 34.1. The summed E-state index contributed by atoms with van der Waals surface area (Å²) in [6.07, 6.45) is 3.21. The first-order valence-electron chi connectivity index (χ1n) is 12.7. The number of amides is 1. The number of fused-ring (bicyclic) bond motifs is 1. The standard InChI is InChI=1S/C27H32Cl2N2O5S/c1-2-36-27(33)24-20-8-3-4-9-21(20)26(32)31(25(24)18-12-14-19(29)15-13-18)23-11-6-5-10-22(23)30-37(34,35)17-7-16-28/h3-4,8-9,12-15,22-25,30H,2,5-7,10-11,16-17H2,1H3/t22-,23-,24+,25-/m0/s1. The van der Waals surface area contributed by atoms with Gasteiger partial charge in [0.2, 0.25) is 10.0 Å². The highest BCUT2D eigenvalue weighted by Crippen LogP contribution is 2.46. The molecule has 0 aromatic heterocycles. The molecule has 10 heteroatoms. The third-order valence-corrected chi connectivity index (χ3v) is 9.10. The van der Waals surface area contributed by atoms with Crippen molar-refractivity contribution in [2.24, 2.45) is 0 Å². The fraction of sp³-hybridized carbons (Fsp3) is 0.481. The molecule has 1 fully saturated rings. The van der Waals surface area contributed by atoms with Crippen molar-refractivity contribution in [3.63, 3.8) is 0 Å². The lowest BCUT2D eigenvalue weighted by atomic mass is 9.77. The Hall–Kier alpha value is -2.13. The summed E-state index contributed by atoms with van der Waals surface area (Å²) in [6.45, 7) is 1.95. The summed E-state index contributed by atoms with van der Waals surface area (Å²) in [4.78, 5) is 29.3. The largest absolute Gasteiger partial charge is 0.465 e. The van der Waals surface area contributed by atoms with E-state index < -0.39 is 40.0 Å². The molecule has 2 aliphatic rings. The Kier molecular flexibility index (Phi) is 9.16. The lowest BCUT2D eigenvalue weighted by Gasteiger charge is -2.48. The minimum Gasteiger partial charge on any atom is -0.465 e. The van der Waals surface area contributed by atoms with E-state index in [4.69, 9.17) is 27.9 Å². The molecule has 1 aliphatic heterocycles. The third kappa shape index (κ3) is 6.14. The van der Waals surface area contributed by atoms with Crippen LogP contribution in [0, 0.1) is 0 Å². The van der Waals surface area contributed by atoms with Crippen molar-refractivity contribution in [3.8, 4) is 0 Å². The Morgan fingerprint density at radius 1 is 1.11 bits per heavy atom. The molecule has 0 radical (unpaired) electrons. The topological polar surface area (TPSA) is 92.8 Å². The molecular formula is C27H32Cl2N2O5S. The van der Waals surface area contributed by atoms with E-state index in [9.17, 15) is 18.0 Å². The Bertz CT molecular complexity index is 1220. The van der Waals surface area contributed by atoms with E-state index >= 15 is 0 Å². The number of sulfonamides is 1. The number of esters is 1. The Labute approximate surface area is 228 Å². The maximum absolute atomic E-state index is 14.1. The summed E-state index contributed by atoms with van der Waals surface area (Å²) in [5, 5.41) is 0.535. The average molecular weight is 568 g/mol. The van der Waals surface area contributed by atoms with Crippen molar-refractivity contribution < 1.29 is 22.7 Å². The molecule has 4 atom stereocenters. The molecule has 2 aromatic carbocycles. The number of carbonyl (C=O) groups is 2. The molecule has 7 nitrogen and oxygen atoms in total. The van der Waals surface area contributed by atoms with Crippen LogP contribution < -0.4 is 4.72 Å². The van der Waals surface area contributed by atoms with Crippen LogP contribution in [0.25, 0.3) is 0 Å². The van der Waals surface area contributed by atoms with Crippen LogP contribution in [-0.2, 0) is 19.6 Å². The summed E-state index contributed by atoms with van der Waals surface area (Å²) in [6, 6.07) is 12.6. The van der Waals surface area contributed by atoms with Crippen molar-refractivity contribution in [2.45, 2.75) is 63.1 Å². The third-order valence-electron chi connectivity index (χ3n) is 7.09. The second-order valence-electron chi connectivity index (χ2n) is 9.46. The minimum atomic E-state index is -3.60. The fourth-order valence-corrected chi connectivity index (χ4v) is 7.33. The number of benzene rings is 2. The molecule has 1 N–H and O–H groups in total. The maximum atomic E-state index is 14.1. The number of nitrogens with one attached hydrogen (secondary N) is 1. The molecule has 1 heterocycles. The van der Waals surface area contributed by atoms with Gasteiger partial charge in [-0.15, -0.1) is 11.6 Å². The highest BCUT2D eigenvalue weighted by molar-refractivity contribution is 7.89. The van der Waals surface area contributed by atoms with Gasteiger partial charge in [0.25, 0.3) is 5.91 Å². The Morgan fingerprint density at radius 2 is 1.81 bits per heavy atom. The minimum absolute atomic E-state index is 0.0808. The van der Waals surface area contributed by atoms with Crippen LogP contribution in [0.3, 0.4) is 0 Å². The quantitative estimate of drug-likeness (QED) is 0.339. The predicted molar refractivity (Wildman–Crippen MR) is 144 cm³/mol. The molecule has 200 valence electrons. The summed E-state index contributed by atoms with van der Waals surface area (Å²) in [5.41, 5.74) is 1.77. The Balaban J connectivity index is 1.84. The number of carbonyl (C=O) groups excluding carboxylic acids is 2. The van der Waals surface area contributed by atoms with Crippen LogP contribution in [0.2, 0.25) is 5.02 Å². The molecule has 1 saturated carbocycles. The second-order valence-corrected chi connectivity index (χ2v) is 12.2. The highest BCUT2D eigenvalue weighted by atomic mass is 35.5. The Morgan fingerprint density at radius 3 is 2.51 bits per heavy atom. The van der Waals surface area contributed by atoms with Crippen molar-refractivity contribution >= 4 is 45.1 Å². The maximum Gasteiger partial charge on any atom is 0.315 e. The zero-order valence-electron chi connectivity index (χ0n) is 20.7. The van der Waals surface area contributed by atoms with E-state index in [0.717, 1.165) is 18.4 Å². The number of halogens is 2. The van der Waals surface area contributed by atoms with Gasteiger partial charge in [0.05, 0.1) is 18.4 Å². The smallest absolute Gasteiger partial charge is 0.315 e. The number of alkyl halides is 1. The first kappa shape index (κ1) is 27.9. The van der Waals surface area contributed by atoms with E-state index in [1.165, 1.54) is 0 Å². The van der Waals surface area contributed by atoms with Crippen molar-refractivity contribution in [1.29, 1.82) is 0 Å². The van der Waals surface area contributed by atoms with Gasteiger partial charge in [-0.05, 0) is 55.5 Å². The molecule has 0 spiro atoms. The van der Waals surface area contributed by atoms with Gasteiger partial charge in [-0.2, -0.15) is 0 Å². The molecule has 4 rings (SSSR count). The van der Waals surface area contributed by atoms with E-state index in [1.54, 1.807) is 48.2 Å². The van der Waals surface area contributed by atoms with Crippen LogP contribution in [0.4, 0.5) is 0 Å². The van der Waals surface area contributed by atoms with Crippen LogP contribution in [-0.4, -0.2) is 55.5 Å². The van der Waals surface area contributed by atoms with Crippen LogP contribution in [0.15, 0.2) is 48.5 Å². The monoisotopic (exact) mass is 566 g/mol. The highest BCUT2D eigenvalue weighted by Gasteiger charge is 2.49. The number of ether oxygens (including phenoxy) is 1.